The summed E-state index contributed by atoms with van der Waals surface area (Å²) in [4.78, 5) is 17.7. The lowest BCUT2D eigenvalue weighted by Crippen LogP contribution is -2.35. The second-order valence-corrected chi connectivity index (χ2v) is 12.3. The van der Waals surface area contributed by atoms with Gasteiger partial charge in [-0.2, -0.15) is 52.3 Å². The van der Waals surface area contributed by atoms with Crippen molar-refractivity contribution in [1.29, 1.82) is 0 Å². The van der Waals surface area contributed by atoms with Crippen LogP contribution in [0.2, 0.25) is 10.3 Å². The molecule has 0 aliphatic carbocycles. The Labute approximate surface area is 293 Å². The molecule has 1 aliphatic rings. The summed E-state index contributed by atoms with van der Waals surface area (Å²) in [6.45, 7) is 4.48. The van der Waals surface area contributed by atoms with Crippen LogP contribution in [0.15, 0.2) is 43.0 Å². The monoisotopic (exact) mass is 758 g/mol. The lowest BCUT2D eigenvalue weighted by atomic mass is 9.98. The molecule has 268 valence electrons. The molecule has 0 bridgehead atoms. The summed E-state index contributed by atoms with van der Waals surface area (Å²) < 4.78 is 112. The standard InChI is InChI=1S/C17H16ClF2N5.C14H8ClF6N5/c1-10-5-7-24(8-6-10)16-14(13-11(19)3-2-4-12(13)20)15(18)23-17-21-9-22-25(16)17;1-5(14(19,20)21)24-12-10(9-7(17)2-6(16)3-8(9)18)11(15)25-13-22-4-23-26(12)13/h2-4,9-10H,5-8H2,1H3;2-5,24H,1H3/t;5-/m.0/s1. The third kappa shape index (κ3) is 7.06. The Balaban J connectivity index is 0.000000176. The average Bonchev–Trinajstić information content (AvgIpc) is 3.72. The molecule has 20 heteroatoms. The number of piperidine rings is 1. The van der Waals surface area contributed by atoms with Gasteiger partial charge in [-0.25, -0.2) is 22.0 Å². The van der Waals surface area contributed by atoms with E-state index >= 15 is 0 Å². The molecule has 4 aromatic heterocycles. The van der Waals surface area contributed by atoms with Crippen molar-refractivity contribution in [3.63, 3.8) is 0 Å². The minimum atomic E-state index is -4.68. The Morgan fingerprint density at radius 3 is 1.84 bits per heavy atom. The van der Waals surface area contributed by atoms with Crippen LogP contribution in [0.25, 0.3) is 33.8 Å². The number of aromatic nitrogens is 8. The second kappa shape index (κ2) is 14.1. The van der Waals surface area contributed by atoms with Gasteiger partial charge in [-0.1, -0.05) is 36.2 Å². The summed E-state index contributed by atoms with van der Waals surface area (Å²) in [5.41, 5.74) is -1.37. The summed E-state index contributed by atoms with van der Waals surface area (Å²) in [5, 5.41) is 9.44. The highest BCUT2D eigenvalue weighted by molar-refractivity contribution is 6.33. The van der Waals surface area contributed by atoms with Gasteiger partial charge < -0.3 is 10.2 Å². The van der Waals surface area contributed by atoms with Crippen LogP contribution in [0, 0.1) is 35.0 Å². The van der Waals surface area contributed by atoms with Crippen LogP contribution in [0.3, 0.4) is 0 Å². The van der Waals surface area contributed by atoms with Crippen LogP contribution in [0.4, 0.5) is 46.8 Å². The third-order valence-electron chi connectivity index (χ3n) is 8.14. The van der Waals surface area contributed by atoms with E-state index in [0.29, 0.717) is 29.6 Å². The minimum Gasteiger partial charge on any atom is -0.358 e. The van der Waals surface area contributed by atoms with Crippen LogP contribution in [-0.2, 0) is 0 Å². The molecule has 1 saturated heterocycles. The highest BCUT2D eigenvalue weighted by atomic mass is 35.5. The van der Waals surface area contributed by atoms with Crippen LogP contribution >= 0.6 is 23.2 Å². The Morgan fingerprint density at radius 1 is 0.765 bits per heavy atom. The molecule has 7 rings (SSSR count). The fraction of sp³-hybridized carbons (Fsp3) is 0.290. The highest BCUT2D eigenvalue weighted by Crippen LogP contribution is 2.41. The molecular formula is C31H24Cl2F8N10. The fourth-order valence-corrected chi connectivity index (χ4v) is 6.02. The van der Waals surface area contributed by atoms with Gasteiger partial charge in [0.1, 0.15) is 69.7 Å². The zero-order chi connectivity index (χ0) is 36.8. The number of anilines is 2. The van der Waals surface area contributed by atoms with Crippen molar-refractivity contribution in [1.82, 2.24) is 39.2 Å². The number of hydrogen-bond donors (Lipinski definition) is 1. The molecule has 1 fully saturated rings. The first kappa shape index (κ1) is 36.0. The second-order valence-electron chi connectivity index (χ2n) is 11.6. The number of nitrogens with one attached hydrogen (secondary N) is 1. The normalized spacial score (nSPS) is 14.5. The molecule has 5 heterocycles. The van der Waals surface area contributed by atoms with Gasteiger partial charge in [-0.15, -0.1) is 0 Å². The summed E-state index contributed by atoms with van der Waals surface area (Å²) in [6.07, 6.45) is -0.385. The first-order valence-electron chi connectivity index (χ1n) is 15.1. The van der Waals surface area contributed by atoms with Crippen molar-refractivity contribution in [2.45, 2.75) is 38.9 Å². The van der Waals surface area contributed by atoms with Crippen molar-refractivity contribution >= 4 is 46.4 Å². The molecule has 1 aliphatic heterocycles. The molecule has 0 unspecified atom stereocenters. The molecular weight excluding hydrogens is 735 g/mol. The van der Waals surface area contributed by atoms with Gasteiger partial charge in [-0.3, -0.25) is 0 Å². The smallest absolute Gasteiger partial charge is 0.358 e. The quantitative estimate of drug-likeness (QED) is 0.139. The highest BCUT2D eigenvalue weighted by Gasteiger charge is 2.38. The van der Waals surface area contributed by atoms with Crippen LogP contribution in [0.1, 0.15) is 26.7 Å². The summed E-state index contributed by atoms with van der Waals surface area (Å²) >= 11 is 12.3. The topological polar surface area (TPSA) is 101 Å². The van der Waals surface area contributed by atoms with E-state index in [-0.39, 0.29) is 22.1 Å². The molecule has 0 saturated carbocycles. The van der Waals surface area contributed by atoms with Gasteiger partial charge in [0.25, 0.3) is 11.6 Å². The molecule has 0 spiro atoms. The summed E-state index contributed by atoms with van der Waals surface area (Å²) in [6, 6.07) is 2.36. The van der Waals surface area contributed by atoms with Gasteiger partial charge in [0, 0.05) is 25.2 Å². The first-order valence-corrected chi connectivity index (χ1v) is 15.9. The zero-order valence-electron chi connectivity index (χ0n) is 26.3. The maximum Gasteiger partial charge on any atom is 0.408 e. The Kier molecular flexibility index (Phi) is 9.91. The number of rotatable bonds is 5. The summed E-state index contributed by atoms with van der Waals surface area (Å²) in [5.74, 6) is -4.56. The summed E-state index contributed by atoms with van der Waals surface area (Å²) in [7, 11) is 0. The fourth-order valence-electron chi connectivity index (χ4n) is 5.51. The van der Waals surface area contributed by atoms with Crippen molar-refractivity contribution in [2.75, 3.05) is 23.3 Å². The predicted octanol–water partition coefficient (Wildman–Crippen LogP) is 8.18. The van der Waals surface area contributed by atoms with Gasteiger partial charge in [0.15, 0.2) is 0 Å². The van der Waals surface area contributed by atoms with Crippen LogP contribution in [0.5, 0.6) is 0 Å². The van der Waals surface area contributed by atoms with Crippen molar-refractivity contribution < 1.29 is 35.1 Å². The van der Waals surface area contributed by atoms with Gasteiger partial charge in [0.05, 0.1) is 22.3 Å². The van der Waals surface area contributed by atoms with E-state index < -0.39 is 63.4 Å². The van der Waals surface area contributed by atoms with Crippen LogP contribution in [-0.4, -0.2) is 64.5 Å². The number of benzene rings is 2. The van der Waals surface area contributed by atoms with E-state index in [1.165, 1.54) is 29.0 Å². The molecule has 0 radical (unpaired) electrons. The minimum absolute atomic E-state index is 0.0121. The molecule has 1 N–H and O–H groups in total. The van der Waals surface area contributed by atoms with Gasteiger partial charge in [-0.05, 0) is 37.8 Å². The molecule has 6 aromatic rings. The number of hydrogen-bond acceptors (Lipinski definition) is 8. The van der Waals surface area contributed by atoms with Crippen molar-refractivity contribution in [3.8, 4) is 22.3 Å². The maximum absolute atomic E-state index is 14.5. The molecule has 2 aromatic carbocycles. The van der Waals surface area contributed by atoms with Crippen LogP contribution < -0.4 is 10.2 Å². The van der Waals surface area contributed by atoms with Gasteiger partial charge >= 0.3 is 6.18 Å². The maximum atomic E-state index is 14.5. The number of nitrogens with zero attached hydrogens (tertiary/aromatic N) is 9. The van der Waals surface area contributed by atoms with E-state index in [0.717, 1.165) is 43.7 Å². The largest absolute Gasteiger partial charge is 0.408 e. The van der Waals surface area contributed by atoms with Gasteiger partial charge in [0.2, 0.25) is 0 Å². The lowest BCUT2D eigenvalue weighted by molar-refractivity contribution is -0.138. The molecule has 0 amide bonds. The number of alkyl halides is 3. The Bertz CT molecular complexity index is 2190. The first-order chi connectivity index (χ1) is 24.1. The number of fused-ring (bicyclic) bond motifs is 2. The molecule has 10 nitrogen and oxygen atoms in total. The lowest BCUT2D eigenvalue weighted by Gasteiger charge is -2.33. The molecule has 1 atom stereocenters. The van der Waals surface area contributed by atoms with E-state index in [2.05, 4.69) is 47.3 Å². The van der Waals surface area contributed by atoms with E-state index in [1.807, 2.05) is 0 Å². The zero-order valence-corrected chi connectivity index (χ0v) is 27.8. The van der Waals surface area contributed by atoms with Crippen molar-refractivity contribution in [2.24, 2.45) is 5.92 Å². The van der Waals surface area contributed by atoms with E-state index in [9.17, 15) is 35.1 Å². The third-order valence-corrected chi connectivity index (χ3v) is 8.69. The Hall–Kier alpha value is -4.84. The van der Waals surface area contributed by atoms with Crippen molar-refractivity contribution in [3.05, 3.63) is 82.4 Å². The average molecular weight is 759 g/mol. The SMILES string of the molecule is CC1CCN(c2c(-c3c(F)cccc3F)c(Cl)nc3ncnn23)CC1.C[C@H](Nc1c(-c2c(F)cc(F)cc2F)c(Cl)nc2ncnn12)C(F)(F)F. The van der Waals surface area contributed by atoms with E-state index in [4.69, 9.17) is 23.2 Å². The molecule has 51 heavy (non-hydrogen) atoms. The van der Waals surface area contributed by atoms with E-state index in [1.54, 1.807) is 0 Å². The Morgan fingerprint density at radius 2 is 1.27 bits per heavy atom. The number of halogens is 10. The predicted molar refractivity (Wildman–Crippen MR) is 172 cm³/mol.